The van der Waals surface area contributed by atoms with Crippen LogP contribution in [0.5, 0.6) is 0 Å². The molecule has 2 rings (SSSR count). The van der Waals surface area contributed by atoms with E-state index in [4.69, 9.17) is 5.73 Å². The molecule has 1 saturated heterocycles. The number of hydrogen-bond acceptors (Lipinski definition) is 4. The van der Waals surface area contributed by atoms with E-state index in [1.807, 2.05) is 0 Å². The molecule has 1 heterocycles. The highest BCUT2D eigenvalue weighted by Crippen LogP contribution is 2.05. The van der Waals surface area contributed by atoms with Crippen LogP contribution in [0.1, 0.15) is 10.4 Å². The lowest BCUT2D eigenvalue weighted by Crippen LogP contribution is -2.46. The second-order valence-corrected chi connectivity index (χ2v) is 5.02. The molecule has 22 heavy (non-hydrogen) atoms. The van der Waals surface area contributed by atoms with E-state index in [0.29, 0.717) is 17.8 Å². The molecule has 5 nitrogen and oxygen atoms in total. The number of rotatable bonds is 4. The third-order valence-electron chi connectivity index (χ3n) is 3.48. The second-order valence-electron chi connectivity index (χ2n) is 5.02. The van der Waals surface area contributed by atoms with E-state index in [1.165, 1.54) is 0 Å². The van der Waals surface area contributed by atoms with Gasteiger partial charge in [0.2, 0.25) is 0 Å². The average Bonchev–Trinajstić information content (AvgIpc) is 2.41. The van der Waals surface area contributed by atoms with Gasteiger partial charge in [-0.05, 0) is 31.3 Å². The molecule has 128 valence electrons. The van der Waals surface area contributed by atoms with Gasteiger partial charge in [0.25, 0.3) is 5.91 Å². The van der Waals surface area contributed by atoms with E-state index >= 15 is 0 Å². The molecule has 3 N–H and O–H groups in total. The fourth-order valence-corrected chi connectivity index (χ4v) is 2.14. The Bertz CT molecular complexity index is 423. The number of halogens is 3. The van der Waals surface area contributed by atoms with Crippen LogP contribution in [0.15, 0.2) is 24.3 Å². The Hall–Kier alpha value is -0.720. The van der Waals surface area contributed by atoms with Gasteiger partial charge in [-0.25, -0.2) is 0 Å². The predicted octanol–water partition coefficient (Wildman–Crippen LogP) is 1.51. The van der Waals surface area contributed by atoms with E-state index in [2.05, 4.69) is 22.2 Å². The average molecular weight is 372 g/mol. The minimum atomic E-state index is -0.0332. The molecule has 1 aromatic carbocycles. The van der Waals surface area contributed by atoms with Crippen LogP contribution in [0.4, 0.5) is 5.69 Å². The Morgan fingerprint density at radius 1 is 1.09 bits per heavy atom. The van der Waals surface area contributed by atoms with E-state index in [-0.39, 0.29) is 43.1 Å². The maximum atomic E-state index is 11.9. The molecule has 0 saturated carbocycles. The second kappa shape index (κ2) is 11.8. The smallest absolute Gasteiger partial charge is 0.251 e. The number of amides is 1. The zero-order valence-electron chi connectivity index (χ0n) is 12.7. The molecular weight excluding hydrogens is 347 g/mol. The van der Waals surface area contributed by atoms with Gasteiger partial charge in [-0.3, -0.25) is 9.69 Å². The van der Waals surface area contributed by atoms with Crippen LogP contribution >= 0.6 is 37.2 Å². The van der Waals surface area contributed by atoms with Crippen molar-refractivity contribution in [3.8, 4) is 0 Å². The normalized spacial score (nSPS) is 15.0. The van der Waals surface area contributed by atoms with Crippen molar-refractivity contribution in [2.24, 2.45) is 0 Å². The highest BCUT2D eigenvalue weighted by Gasteiger charge is 2.13. The van der Waals surface area contributed by atoms with Crippen molar-refractivity contribution in [3.63, 3.8) is 0 Å². The Balaban J connectivity index is 0. The SMILES string of the molecule is CN1CCN(CCNC(=O)c2ccc(N)cc2)CC1.Cl.Cl.Cl. The lowest BCUT2D eigenvalue weighted by molar-refractivity contribution is 0.0941. The summed E-state index contributed by atoms with van der Waals surface area (Å²) in [7, 11) is 2.14. The fourth-order valence-electron chi connectivity index (χ4n) is 2.14. The molecule has 0 atom stereocenters. The number of benzene rings is 1. The lowest BCUT2D eigenvalue weighted by Gasteiger charge is -2.32. The van der Waals surface area contributed by atoms with E-state index in [0.717, 1.165) is 32.7 Å². The first-order valence-corrected chi connectivity index (χ1v) is 6.70. The van der Waals surface area contributed by atoms with Gasteiger partial charge in [-0.1, -0.05) is 0 Å². The molecule has 1 aromatic rings. The number of nitrogens with zero attached hydrogens (tertiary/aromatic N) is 2. The number of piperazine rings is 1. The molecule has 0 aromatic heterocycles. The van der Waals surface area contributed by atoms with Gasteiger partial charge in [0.1, 0.15) is 0 Å². The molecule has 1 fully saturated rings. The Kier molecular flexibility index (Phi) is 12.6. The number of hydrogen-bond donors (Lipinski definition) is 2. The van der Waals surface area contributed by atoms with Gasteiger partial charge in [-0.2, -0.15) is 0 Å². The third kappa shape index (κ3) is 7.51. The molecule has 0 spiro atoms. The minimum Gasteiger partial charge on any atom is -0.399 e. The standard InChI is InChI=1S/C14H22N4O.3ClH/c1-17-8-10-18(11-9-17)7-6-16-14(19)12-2-4-13(15)5-3-12;;;/h2-5H,6-11,15H2,1H3,(H,16,19);3*1H. The first-order chi connectivity index (χ1) is 9.15. The molecule has 8 heteroatoms. The molecule has 1 amide bonds. The molecular formula is C14H25Cl3N4O. The van der Waals surface area contributed by atoms with Crippen molar-refractivity contribution in [1.29, 1.82) is 0 Å². The quantitative estimate of drug-likeness (QED) is 0.788. The number of nitrogens with two attached hydrogens (primary N) is 1. The van der Waals surface area contributed by atoms with E-state index in [1.54, 1.807) is 24.3 Å². The van der Waals surface area contributed by atoms with Crippen LogP contribution < -0.4 is 11.1 Å². The largest absolute Gasteiger partial charge is 0.399 e. The van der Waals surface area contributed by atoms with E-state index in [9.17, 15) is 4.79 Å². The summed E-state index contributed by atoms with van der Waals surface area (Å²) in [6.07, 6.45) is 0. The Labute approximate surface area is 150 Å². The van der Waals surface area contributed by atoms with Gasteiger partial charge in [0, 0.05) is 50.5 Å². The van der Waals surface area contributed by atoms with Crippen molar-refractivity contribution in [2.45, 2.75) is 0 Å². The van der Waals surface area contributed by atoms with Crippen LogP contribution in [0.2, 0.25) is 0 Å². The summed E-state index contributed by atoms with van der Waals surface area (Å²) in [6.45, 7) is 5.96. The predicted molar refractivity (Wildman–Crippen MR) is 98.9 cm³/mol. The first kappa shape index (κ1) is 23.5. The number of carbonyl (C=O) groups is 1. The van der Waals surface area contributed by atoms with Gasteiger partial charge >= 0.3 is 0 Å². The van der Waals surface area contributed by atoms with Crippen molar-refractivity contribution in [2.75, 3.05) is 52.0 Å². The molecule has 0 bridgehead atoms. The van der Waals surface area contributed by atoms with Gasteiger partial charge in [-0.15, -0.1) is 37.2 Å². The van der Waals surface area contributed by atoms with Crippen molar-refractivity contribution in [3.05, 3.63) is 29.8 Å². The highest BCUT2D eigenvalue weighted by molar-refractivity contribution is 5.94. The number of anilines is 1. The first-order valence-electron chi connectivity index (χ1n) is 6.70. The summed E-state index contributed by atoms with van der Waals surface area (Å²) in [5.41, 5.74) is 6.93. The Morgan fingerprint density at radius 2 is 1.64 bits per heavy atom. The van der Waals surface area contributed by atoms with Crippen LogP contribution in [0.25, 0.3) is 0 Å². The van der Waals surface area contributed by atoms with Gasteiger partial charge < -0.3 is 16.0 Å². The number of likely N-dealkylation sites (N-methyl/N-ethyl adjacent to an activating group) is 1. The van der Waals surface area contributed by atoms with Crippen molar-refractivity contribution >= 4 is 48.8 Å². The summed E-state index contributed by atoms with van der Waals surface area (Å²) in [5, 5.41) is 2.94. The van der Waals surface area contributed by atoms with Crippen molar-refractivity contribution < 1.29 is 4.79 Å². The van der Waals surface area contributed by atoms with Crippen LogP contribution in [-0.4, -0.2) is 62.0 Å². The maximum Gasteiger partial charge on any atom is 0.251 e. The lowest BCUT2D eigenvalue weighted by atomic mass is 10.2. The van der Waals surface area contributed by atoms with Crippen molar-refractivity contribution in [1.82, 2.24) is 15.1 Å². The molecule has 1 aliphatic heterocycles. The maximum absolute atomic E-state index is 11.9. The molecule has 0 unspecified atom stereocenters. The van der Waals surface area contributed by atoms with Crippen LogP contribution in [0.3, 0.4) is 0 Å². The van der Waals surface area contributed by atoms with Crippen LogP contribution in [-0.2, 0) is 0 Å². The summed E-state index contributed by atoms with van der Waals surface area (Å²) < 4.78 is 0. The fraction of sp³-hybridized carbons (Fsp3) is 0.500. The summed E-state index contributed by atoms with van der Waals surface area (Å²) in [5.74, 6) is -0.0332. The topological polar surface area (TPSA) is 61.6 Å². The summed E-state index contributed by atoms with van der Waals surface area (Å²) >= 11 is 0. The minimum absolute atomic E-state index is 0. The summed E-state index contributed by atoms with van der Waals surface area (Å²) in [6, 6.07) is 6.99. The number of nitrogens with one attached hydrogen (secondary N) is 1. The molecule has 0 aliphatic carbocycles. The molecule has 0 radical (unpaired) electrons. The molecule has 1 aliphatic rings. The third-order valence-corrected chi connectivity index (χ3v) is 3.48. The highest BCUT2D eigenvalue weighted by atomic mass is 35.5. The number of nitrogen functional groups attached to an aromatic ring is 1. The monoisotopic (exact) mass is 370 g/mol. The Morgan fingerprint density at radius 3 is 2.18 bits per heavy atom. The van der Waals surface area contributed by atoms with Crippen LogP contribution in [0, 0.1) is 0 Å². The van der Waals surface area contributed by atoms with Gasteiger partial charge in [0.05, 0.1) is 0 Å². The van der Waals surface area contributed by atoms with E-state index < -0.39 is 0 Å². The number of carbonyl (C=O) groups excluding carboxylic acids is 1. The zero-order valence-corrected chi connectivity index (χ0v) is 15.1. The zero-order chi connectivity index (χ0) is 13.7. The summed E-state index contributed by atoms with van der Waals surface area (Å²) in [4.78, 5) is 16.6. The van der Waals surface area contributed by atoms with Gasteiger partial charge in [0.15, 0.2) is 0 Å².